The molecule has 24 heavy (non-hydrogen) atoms. The Labute approximate surface area is 142 Å². The summed E-state index contributed by atoms with van der Waals surface area (Å²) in [5.41, 5.74) is 0.0292. The van der Waals surface area contributed by atoms with Gasteiger partial charge in [0.15, 0.2) is 0 Å². The Kier molecular flexibility index (Phi) is 6.53. The fourth-order valence-electron chi connectivity index (χ4n) is 1.91. The van der Waals surface area contributed by atoms with Gasteiger partial charge in [-0.05, 0) is 47.0 Å². The Morgan fingerprint density at radius 1 is 1.25 bits per heavy atom. The second-order valence-corrected chi connectivity index (χ2v) is 6.81. The number of nitro groups is 1. The molecule has 0 saturated carbocycles. The molecular weight excluding hydrogens is 312 g/mol. The third kappa shape index (κ3) is 6.41. The molecule has 1 N–H and O–H groups in total. The van der Waals surface area contributed by atoms with Gasteiger partial charge in [-0.2, -0.15) is 0 Å². The number of nitrogens with zero attached hydrogens (tertiary/aromatic N) is 3. The second-order valence-electron chi connectivity index (χ2n) is 6.81. The highest BCUT2D eigenvalue weighted by molar-refractivity contribution is 5.89. The third-order valence-corrected chi connectivity index (χ3v) is 3.14. The largest absolute Gasteiger partial charge is 0.444 e. The first-order chi connectivity index (χ1) is 11.0. The summed E-state index contributed by atoms with van der Waals surface area (Å²) < 4.78 is 5.16. The highest BCUT2D eigenvalue weighted by atomic mass is 16.6. The van der Waals surface area contributed by atoms with Crippen molar-refractivity contribution in [1.82, 2.24) is 4.90 Å². The molecule has 0 atom stereocenters. The first kappa shape index (κ1) is 19.7. The molecule has 0 radical (unpaired) electrons. The molecule has 0 fully saturated rings. The van der Waals surface area contributed by atoms with E-state index in [1.165, 1.54) is 6.07 Å². The molecule has 0 aromatic heterocycles. The summed E-state index contributed by atoms with van der Waals surface area (Å²) in [5.74, 6) is 0. The van der Waals surface area contributed by atoms with Crippen LogP contribution in [-0.4, -0.2) is 55.8 Å². The van der Waals surface area contributed by atoms with E-state index in [0.717, 1.165) is 18.8 Å². The lowest BCUT2D eigenvalue weighted by Gasteiger charge is -2.23. The number of anilines is 2. The minimum atomic E-state index is -0.723. The standard InChI is InChI=1S/C16H26N4O4/c1-16(2,3)24-15(21)17-13-11-12(7-8-14(13)20(22)23)19(6)10-9-18(4)5/h7-8,11H,9-10H2,1-6H3,(H,17,21). The van der Waals surface area contributed by atoms with Crippen LogP contribution in [0, 0.1) is 10.1 Å². The van der Waals surface area contributed by atoms with Gasteiger partial charge in [-0.25, -0.2) is 4.79 Å². The van der Waals surface area contributed by atoms with Crippen molar-refractivity contribution in [2.45, 2.75) is 26.4 Å². The minimum absolute atomic E-state index is 0.114. The SMILES string of the molecule is CN(C)CCN(C)c1ccc([N+](=O)[O-])c(NC(=O)OC(C)(C)C)c1. The molecule has 0 heterocycles. The first-order valence-electron chi connectivity index (χ1n) is 7.64. The van der Waals surface area contributed by atoms with Crippen molar-refractivity contribution in [3.8, 4) is 0 Å². The van der Waals surface area contributed by atoms with Gasteiger partial charge in [0.25, 0.3) is 5.69 Å². The molecule has 0 unspecified atom stereocenters. The highest BCUT2D eigenvalue weighted by Gasteiger charge is 2.21. The number of hydrogen-bond acceptors (Lipinski definition) is 6. The second kappa shape index (κ2) is 7.96. The number of hydrogen-bond donors (Lipinski definition) is 1. The molecular formula is C16H26N4O4. The molecule has 134 valence electrons. The van der Waals surface area contributed by atoms with E-state index < -0.39 is 16.6 Å². The zero-order chi connectivity index (χ0) is 18.5. The average molecular weight is 338 g/mol. The Morgan fingerprint density at radius 3 is 2.38 bits per heavy atom. The number of nitro benzene ring substituents is 1. The van der Waals surface area contributed by atoms with Crippen LogP contribution in [0.4, 0.5) is 21.9 Å². The molecule has 8 nitrogen and oxygen atoms in total. The highest BCUT2D eigenvalue weighted by Crippen LogP contribution is 2.29. The van der Waals surface area contributed by atoms with Gasteiger partial charge in [0.2, 0.25) is 0 Å². The number of likely N-dealkylation sites (N-methyl/N-ethyl adjacent to an activating group) is 2. The average Bonchev–Trinajstić information content (AvgIpc) is 2.42. The molecule has 0 aliphatic heterocycles. The molecule has 1 rings (SSSR count). The maximum atomic E-state index is 11.9. The summed E-state index contributed by atoms with van der Waals surface area (Å²) in [4.78, 5) is 26.6. The minimum Gasteiger partial charge on any atom is -0.444 e. The third-order valence-electron chi connectivity index (χ3n) is 3.14. The number of benzene rings is 1. The van der Waals surface area contributed by atoms with E-state index in [1.54, 1.807) is 32.9 Å². The summed E-state index contributed by atoms with van der Waals surface area (Å²) in [6, 6.07) is 4.62. The van der Waals surface area contributed by atoms with Crippen molar-refractivity contribution in [3.05, 3.63) is 28.3 Å². The molecule has 0 bridgehead atoms. The van der Waals surface area contributed by atoms with E-state index in [1.807, 2.05) is 30.9 Å². The van der Waals surface area contributed by atoms with Crippen LogP contribution in [0.5, 0.6) is 0 Å². The summed E-state index contributed by atoms with van der Waals surface area (Å²) in [6.45, 7) is 6.77. The molecule has 1 aromatic rings. The number of nitrogens with one attached hydrogen (secondary N) is 1. The van der Waals surface area contributed by atoms with Gasteiger partial charge in [-0.3, -0.25) is 15.4 Å². The van der Waals surface area contributed by atoms with Gasteiger partial charge in [0.1, 0.15) is 11.3 Å². The monoisotopic (exact) mass is 338 g/mol. The molecule has 8 heteroatoms. The number of ether oxygens (including phenoxy) is 1. The van der Waals surface area contributed by atoms with Crippen molar-refractivity contribution in [3.63, 3.8) is 0 Å². The van der Waals surface area contributed by atoms with Gasteiger partial charge in [0.05, 0.1) is 4.92 Å². The van der Waals surface area contributed by atoms with Crippen LogP contribution < -0.4 is 10.2 Å². The molecule has 0 aliphatic carbocycles. The Balaban J connectivity index is 3.00. The maximum absolute atomic E-state index is 11.9. The fourth-order valence-corrected chi connectivity index (χ4v) is 1.91. The Hall–Kier alpha value is -2.35. The van der Waals surface area contributed by atoms with E-state index in [0.29, 0.717) is 0 Å². The normalized spacial score (nSPS) is 11.3. The van der Waals surface area contributed by atoms with Gasteiger partial charge >= 0.3 is 6.09 Å². The topological polar surface area (TPSA) is 88.0 Å². The van der Waals surface area contributed by atoms with Crippen molar-refractivity contribution < 1.29 is 14.5 Å². The summed E-state index contributed by atoms with van der Waals surface area (Å²) in [6.07, 6.45) is -0.723. The lowest BCUT2D eigenvalue weighted by atomic mass is 10.2. The number of rotatable bonds is 6. The van der Waals surface area contributed by atoms with E-state index in [-0.39, 0.29) is 11.4 Å². The first-order valence-corrected chi connectivity index (χ1v) is 7.64. The zero-order valence-electron chi connectivity index (χ0n) is 15.1. The van der Waals surface area contributed by atoms with Crippen LogP contribution in [0.25, 0.3) is 0 Å². The van der Waals surface area contributed by atoms with Crippen LogP contribution in [0.1, 0.15) is 20.8 Å². The Bertz CT molecular complexity index is 596. The molecule has 1 amide bonds. The van der Waals surface area contributed by atoms with Gasteiger partial charge in [-0.15, -0.1) is 0 Å². The summed E-state index contributed by atoms with van der Waals surface area (Å²) in [7, 11) is 5.83. The van der Waals surface area contributed by atoms with E-state index in [9.17, 15) is 14.9 Å². The zero-order valence-corrected chi connectivity index (χ0v) is 15.1. The number of amides is 1. The van der Waals surface area contributed by atoms with E-state index >= 15 is 0 Å². The van der Waals surface area contributed by atoms with E-state index in [4.69, 9.17) is 4.74 Å². The lowest BCUT2D eigenvalue weighted by Crippen LogP contribution is -2.29. The Morgan fingerprint density at radius 2 is 1.88 bits per heavy atom. The molecule has 0 aliphatic rings. The van der Waals surface area contributed by atoms with Crippen molar-refractivity contribution in [1.29, 1.82) is 0 Å². The predicted molar refractivity (Wildman–Crippen MR) is 94.8 cm³/mol. The smallest absolute Gasteiger partial charge is 0.412 e. The van der Waals surface area contributed by atoms with Crippen molar-refractivity contribution >= 4 is 23.2 Å². The van der Waals surface area contributed by atoms with Crippen molar-refractivity contribution in [2.24, 2.45) is 0 Å². The van der Waals surface area contributed by atoms with Gasteiger partial charge < -0.3 is 14.5 Å². The quantitative estimate of drug-likeness (QED) is 0.634. The predicted octanol–water partition coefficient (Wildman–Crippen LogP) is 2.94. The lowest BCUT2D eigenvalue weighted by molar-refractivity contribution is -0.383. The number of carbonyl (C=O) groups is 1. The van der Waals surface area contributed by atoms with Gasteiger partial charge in [-0.1, -0.05) is 0 Å². The van der Waals surface area contributed by atoms with Crippen LogP contribution in [0.3, 0.4) is 0 Å². The van der Waals surface area contributed by atoms with Crippen molar-refractivity contribution in [2.75, 3.05) is 44.4 Å². The van der Waals surface area contributed by atoms with Crippen LogP contribution >= 0.6 is 0 Å². The fraction of sp³-hybridized carbons (Fsp3) is 0.562. The summed E-state index contributed by atoms with van der Waals surface area (Å²) >= 11 is 0. The van der Waals surface area contributed by atoms with Crippen LogP contribution in [0.2, 0.25) is 0 Å². The summed E-state index contributed by atoms with van der Waals surface area (Å²) in [5, 5.41) is 13.6. The molecule has 0 saturated heterocycles. The maximum Gasteiger partial charge on any atom is 0.412 e. The van der Waals surface area contributed by atoms with Crippen LogP contribution in [-0.2, 0) is 4.74 Å². The molecule has 0 spiro atoms. The van der Waals surface area contributed by atoms with Gasteiger partial charge in [0, 0.05) is 31.9 Å². The molecule has 1 aromatic carbocycles. The van der Waals surface area contributed by atoms with Crippen LogP contribution in [0.15, 0.2) is 18.2 Å². The number of carbonyl (C=O) groups excluding carboxylic acids is 1. The van der Waals surface area contributed by atoms with E-state index in [2.05, 4.69) is 5.32 Å².